The summed E-state index contributed by atoms with van der Waals surface area (Å²) in [6, 6.07) is 10.8. The molecule has 8 heteroatoms. The predicted octanol–water partition coefficient (Wildman–Crippen LogP) is 4.64. The quantitative estimate of drug-likeness (QED) is 0.518. The molecule has 1 saturated heterocycles. The van der Waals surface area contributed by atoms with E-state index in [1.165, 1.54) is 0 Å². The number of hydrogen-bond donors (Lipinski definition) is 1. The molecule has 5 rings (SSSR count). The van der Waals surface area contributed by atoms with Crippen LogP contribution in [-0.4, -0.2) is 37.1 Å². The number of phenolic OH excluding ortho intramolecular Hbond substituents is 1. The number of benzene rings is 1. The minimum absolute atomic E-state index is 0.000347. The van der Waals surface area contributed by atoms with Crippen LogP contribution in [-0.2, 0) is 9.47 Å². The number of ether oxygens (including phenoxy) is 2. The van der Waals surface area contributed by atoms with Crippen molar-refractivity contribution in [3.8, 4) is 28.1 Å². The van der Waals surface area contributed by atoms with Crippen LogP contribution in [0.15, 0.2) is 55.0 Å². The van der Waals surface area contributed by atoms with Crippen molar-refractivity contribution in [3.05, 3.63) is 65.7 Å². The van der Waals surface area contributed by atoms with E-state index in [9.17, 15) is 5.11 Å². The molecule has 1 N–H and O–H groups in total. The number of rotatable bonds is 3. The van der Waals surface area contributed by atoms with Crippen LogP contribution < -0.4 is 0 Å². The molecule has 1 aromatic carbocycles. The van der Waals surface area contributed by atoms with Crippen molar-refractivity contribution in [2.24, 2.45) is 0 Å². The average molecular weight is 423 g/mol. The Balaban J connectivity index is 1.77. The van der Waals surface area contributed by atoms with Crippen molar-refractivity contribution in [2.75, 3.05) is 6.61 Å². The van der Waals surface area contributed by atoms with Gasteiger partial charge in [0.15, 0.2) is 11.4 Å². The first kappa shape index (κ1) is 19.0. The first-order chi connectivity index (χ1) is 14.4. The fraction of sp³-hybridized carbons (Fsp3) is 0.227. The molecule has 0 amide bonds. The van der Waals surface area contributed by atoms with E-state index in [0.29, 0.717) is 12.3 Å². The van der Waals surface area contributed by atoms with Crippen LogP contribution in [0.3, 0.4) is 0 Å². The smallest absolute Gasteiger partial charge is 0.163 e. The highest BCUT2D eigenvalue weighted by atomic mass is 35.5. The van der Waals surface area contributed by atoms with Gasteiger partial charge in [0.1, 0.15) is 17.5 Å². The maximum absolute atomic E-state index is 10.2. The van der Waals surface area contributed by atoms with E-state index in [-0.39, 0.29) is 16.9 Å². The van der Waals surface area contributed by atoms with Crippen LogP contribution in [0.1, 0.15) is 25.6 Å². The maximum atomic E-state index is 10.2. The van der Waals surface area contributed by atoms with Gasteiger partial charge in [-0.2, -0.15) is 5.10 Å². The van der Waals surface area contributed by atoms with Crippen LogP contribution >= 0.6 is 11.6 Å². The van der Waals surface area contributed by atoms with E-state index in [1.54, 1.807) is 35.2 Å². The highest BCUT2D eigenvalue weighted by Crippen LogP contribution is 2.39. The molecule has 0 aliphatic carbocycles. The largest absolute Gasteiger partial charge is 0.506 e. The van der Waals surface area contributed by atoms with E-state index >= 15 is 0 Å². The van der Waals surface area contributed by atoms with Gasteiger partial charge in [0, 0.05) is 24.2 Å². The zero-order valence-corrected chi connectivity index (χ0v) is 17.2. The molecule has 152 valence electrons. The number of nitrogens with zero attached hydrogens (tertiary/aromatic N) is 4. The number of halogens is 1. The Morgan fingerprint density at radius 1 is 1.10 bits per heavy atom. The fourth-order valence-electron chi connectivity index (χ4n) is 3.69. The molecule has 30 heavy (non-hydrogen) atoms. The zero-order valence-electron chi connectivity index (χ0n) is 16.4. The van der Waals surface area contributed by atoms with Crippen LogP contribution in [0.4, 0.5) is 0 Å². The van der Waals surface area contributed by atoms with E-state index in [1.807, 2.05) is 38.1 Å². The summed E-state index contributed by atoms with van der Waals surface area (Å²) < 4.78 is 13.6. The Morgan fingerprint density at radius 2 is 1.90 bits per heavy atom. The molecule has 0 unspecified atom stereocenters. The molecular formula is C22H19ClN4O3. The number of phenols is 1. The Kier molecular flexibility index (Phi) is 4.47. The highest BCUT2D eigenvalue weighted by molar-refractivity contribution is 6.32. The molecule has 1 aliphatic heterocycles. The first-order valence-corrected chi connectivity index (χ1v) is 9.89. The van der Waals surface area contributed by atoms with E-state index in [4.69, 9.17) is 26.2 Å². The molecular weight excluding hydrogens is 404 g/mol. The lowest BCUT2D eigenvalue weighted by Crippen LogP contribution is -2.20. The van der Waals surface area contributed by atoms with Crippen LogP contribution in [0, 0.1) is 0 Å². The third-order valence-corrected chi connectivity index (χ3v) is 5.39. The van der Waals surface area contributed by atoms with Gasteiger partial charge in [-0.15, -0.1) is 0 Å². The summed E-state index contributed by atoms with van der Waals surface area (Å²) in [6.45, 7) is 4.20. The maximum Gasteiger partial charge on any atom is 0.163 e. The van der Waals surface area contributed by atoms with Crippen molar-refractivity contribution in [1.82, 2.24) is 19.6 Å². The Hall–Kier alpha value is -3.00. The average Bonchev–Trinajstić information content (AvgIpc) is 3.30. The van der Waals surface area contributed by atoms with Gasteiger partial charge in [0.25, 0.3) is 0 Å². The summed E-state index contributed by atoms with van der Waals surface area (Å²) in [5.74, 6) is -0.661. The lowest BCUT2D eigenvalue weighted by molar-refractivity contribution is -0.139. The zero-order chi connectivity index (χ0) is 20.9. The third-order valence-electron chi connectivity index (χ3n) is 5.07. The summed E-state index contributed by atoms with van der Waals surface area (Å²) in [5.41, 5.74) is 4.63. The van der Waals surface area contributed by atoms with Crippen molar-refractivity contribution in [1.29, 1.82) is 0 Å². The molecule has 1 atom stereocenters. The second-order valence-electron chi connectivity index (χ2n) is 7.55. The van der Waals surface area contributed by atoms with Crippen molar-refractivity contribution >= 4 is 17.2 Å². The molecule has 1 aliphatic rings. The molecule has 0 radical (unpaired) electrons. The minimum atomic E-state index is -0.661. The summed E-state index contributed by atoms with van der Waals surface area (Å²) in [6.07, 6.45) is 4.89. The minimum Gasteiger partial charge on any atom is -0.506 e. The molecule has 4 heterocycles. The number of hydrogen-bond acceptors (Lipinski definition) is 6. The fourth-order valence-corrected chi connectivity index (χ4v) is 3.80. The van der Waals surface area contributed by atoms with Gasteiger partial charge >= 0.3 is 0 Å². The molecule has 0 spiro atoms. The topological polar surface area (TPSA) is 81.8 Å². The summed E-state index contributed by atoms with van der Waals surface area (Å²) in [4.78, 5) is 8.70. The molecule has 0 saturated carbocycles. The Bertz CT molecular complexity index is 1240. The lowest BCUT2D eigenvalue weighted by atomic mass is 10.0. The molecule has 3 aromatic heterocycles. The Labute approximate surface area is 177 Å². The van der Waals surface area contributed by atoms with Crippen LogP contribution in [0.25, 0.3) is 28.0 Å². The van der Waals surface area contributed by atoms with Crippen molar-refractivity contribution in [2.45, 2.75) is 25.7 Å². The van der Waals surface area contributed by atoms with Gasteiger partial charge < -0.3 is 14.6 Å². The number of fused-ring (bicyclic) bond motifs is 1. The molecule has 4 aromatic rings. The summed E-state index contributed by atoms with van der Waals surface area (Å²) in [7, 11) is 0. The number of aromatic nitrogens is 4. The van der Waals surface area contributed by atoms with Crippen LogP contribution in [0.5, 0.6) is 5.75 Å². The van der Waals surface area contributed by atoms with E-state index in [0.717, 1.165) is 28.1 Å². The molecule has 7 nitrogen and oxygen atoms in total. The summed E-state index contributed by atoms with van der Waals surface area (Å²) in [5, 5.41) is 15.4. The first-order valence-electron chi connectivity index (χ1n) is 9.52. The van der Waals surface area contributed by atoms with Gasteiger partial charge in [-0.1, -0.05) is 17.7 Å². The van der Waals surface area contributed by atoms with Gasteiger partial charge in [0.2, 0.25) is 0 Å². The standard InChI is InChI=1S/C22H19ClN4O3/c1-22(2)29-12-18(30-22)16-7-10-25-21-19(14-3-4-15(23)17(28)11-14)20(26-27(16)21)13-5-8-24-9-6-13/h3-11,18,28H,12H2,1-2H3/t18-/m1/s1. The summed E-state index contributed by atoms with van der Waals surface area (Å²) >= 11 is 6.03. The van der Waals surface area contributed by atoms with Crippen molar-refractivity contribution in [3.63, 3.8) is 0 Å². The van der Waals surface area contributed by atoms with E-state index < -0.39 is 5.79 Å². The van der Waals surface area contributed by atoms with Gasteiger partial charge in [-0.05, 0) is 49.7 Å². The third kappa shape index (κ3) is 3.21. The lowest BCUT2D eigenvalue weighted by Gasteiger charge is -2.17. The van der Waals surface area contributed by atoms with Gasteiger partial charge in [0.05, 0.1) is 22.9 Å². The van der Waals surface area contributed by atoms with Crippen molar-refractivity contribution < 1.29 is 14.6 Å². The SMILES string of the molecule is CC1(C)OC[C@H](c2ccnc3c(-c4ccc(Cl)c(O)c4)c(-c4ccncc4)nn23)O1. The number of pyridine rings is 1. The molecule has 1 fully saturated rings. The monoisotopic (exact) mass is 422 g/mol. The highest BCUT2D eigenvalue weighted by Gasteiger charge is 2.35. The van der Waals surface area contributed by atoms with E-state index in [2.05, 4.69) is 9.97 Å². The number of aromatic hydroxyl groups is 1. The second kappa shape index (κ2) is 7.05. The van der Waals surface area contributed by atoms with Gasteiger partial charge in [-0.3, -0.25) is 4.98 Å². The predicted molar refractivity (Wildman–Crippen MR) is 112 cm³/mol. The second-order valence-corrected chi connectivity index (χ2v) is 7.96. The van der Waals surface area contributed by atoms with Crippen LogP contribution in [0.2, 0.25) is 5.02 Å². The Morgan fingerprint density at radius 3 is 2.60 bits per heavy atom. The normalized spacial score (nSPS) is 18.2. The molecule has 0 bridgehead atoms. The van der Waals surface area contributed by atoms with Gasteiger partial charge in [-0.25, -0.2) is 9.50 Å².